The van der Waals surface area contributed by atoms with Crippen molar-refractivity contribution in [1.29, 1.82) is 0 Å². The van der Waals surface area contributed by atoms with E-state index in [2.05, 4.69) is 25.0 Å². The molecule has 1 N–H and O–H groups in total. The molecule has 4 aromatic heterocycles. The van der Waals surface area contributed by atoms with Crippen LogP contribution in [0.3, 0.4) is 0 Å². The van der Waals surface area contributed by atoms with Crippen molar-refractivity contribution in [3.63, 3.8) is 0 Å². The molecular weight excluding hydrogens is 541 g/mol. The Kier molecular flexibility index (Phi) is 6.39. The van der Waals surface area contributed by atoms with Crippen molar-refractivity contribution in [2.75, 3.05) is 7.11 Å². The lowest BCUT2D eigenvalue weighted by molar-refractivity contribution is -0.142. The average Bonchev–Trinajstić information content (AvgIpc) is 3.58. The average molecular weight is 565 g/mol. The molecule has 5 aromatic rings. The summed E-state index contributed by atoms with van der Waals surface area (Å²) in [6.07, 6.45) is 2.85. The van der Waals surface area contributed by atoms with Crippen molar-refractivity contribution >= 4 is 17.0 Å². The number of carboxylic acids is 1. The van der Waals surface area contributed by atoms with Gasteiger partial charge in [-0.1, -0.05) is 24.3 Å². The van der Waals surface area contributed by atoms with Crippen LogP contribution in [0.25, 0.3) is 33.8 Å². The highest BCUT2D eigenvalue weighted by atomic mass is 19.4. The van der Waals surface area contributed by atoms with E-state index in [4.69, 9.17) is 9.72 Å². The van der Waals surface area contributed by atoms with E-state index >= 15 is 0 Å². The van der Waals surface area contributed by atoms with Crippen LogP contribution in [0.1, 0.15) is 48.7 Å². The number of benzene rings is 1. The van der Waals surface area contributed by atoms with E-state index in [0.29, 0.717) is 40.9 Å². The van der Waals surface area contributed by atoms with E-state index in [1.807, 2.05) is 0 Å². The van der Waals surface area contributed by atoms with Gasteiger partial charge in [0.05, 0.1) is 30.9 Å². The number of hydrogen-bond acceptors (Lipinski definition) is 8. The maximum absolute atomic E-state index is 13.4. The molecule has 1 aromatic carbocycles. The number of nitrogens with zero attached hydrogens (tertiary/aromatic N) is 8. The zero-order valence-corrected chi connectivity index (χ0v) is 21.9. The number of alkyl halides is 3. The maximum Gasteiger partial charge on any atom is 0.434 e. The molecule has 11 nitrogen and oxygen atoms in total. The number of methoxy groups -OCH3 is 1. The minimum atomic E-state index is -4.71. The molecule has 0 spiro atoms. The van der Waals surface area contributed by atoms with Gasteiger partial charge in [0, 0.05) is 23.9 Å². The number of carbonyl (C=O) groups is 1. The first-order chi connectivity index (χ1) is 19.6. The number of aliphatic carboxylic acids is 1. The fourth-order valence-corrected chi connectivity index (χ4v) is 4.61. The predicted molar refractivity (Wildman–Crippen MR) is 139 cm³/mol. The monoisotopic (exact) mass is 564 g/mol. The molecule has 210 valence electrons. The molecule has 1 aliphatic carbocycles. The van der Waals surface area contributed by atoms with E-state index in [1.54, 1.807) is 41.3 Å². The number of halogens is 3. The second-order valence-electron chi connectivity index (χ2n) is 9.76. The number of aromatic nitrogens is 8. The van der Waals surface area contributed by atoms with Gasteiger partial charge in [-0.05, 0) is 25.3 Å². The SMILES string of the molecule is COc1ncnc(C2CC2)c1-c1ncc2cnn(Cc3ccc(-c4nc(C(F)(F)F)cn4C(C)C(=O)O)cc3)c2n1. The van der Waals surface area contributed by atoms with Gasteiger partial charge in [0.15, 0.2) is 17.2 Å². The maximum atomic E-state index is 13.4. The van der Waals surface area contributed by atoms with Crippen molar-refractivity contribution in [2.45, 2.75) is 44.4 Å². The predicted octanol–water partition coefficient (Wildman–Crippen LogP) is 4.75. The molecule has 1 aliphatic rings. The van der Waals surface area contributed by atoms with Gasteiger partial charge in [0.1, 0.15) is 23.8 Å². The highest BCUT2D eigenvalue weighted by molar-refractivity contribution is 5.77. The van der Waals surface area contributed by atoms with Gasteiger partial charge < -0.3 is 14.4 Å². The molecule has 4 heterocycles. The fourth-order valence-electron chi connectivity index (χ4n) is 4.61. The number of fused-ring (bicyclic) bond motifs is 1. The zero-order chi connectivity index (χ0) is 28.9. The Labute approximate surface area is 230 Å². The van der Waals surface area contributed by atoms with Gasteiger partial charge >= 0.3 is 12.1 Å². The van der Waals surface area contributed by atoms with Crippen LogP contribution in [0.4, 0.5) is 13.2 Å². The molecule has 0 aliphatic heterocycles. The minimum absolute atomic E-state index is 0.0915. The summed E-state index contributed by atoms with van der Waals surface area (Å²) in [5.41, 5.74) is 2.05. The number of hydrogen-bond donors (Lipinski definition) is 1. The van der Waals surface area contributed by atoms with E-state index < -0.39 is 23.9 Å². The van der Waals surface area contributed by atoms with Crippen LogP contribution in [0.15, 0.2) is 49.2 Å². The molecule has 41 heavy (non-hydrogen) atoms. The van der Waals surface area contributed by atoms with E-state index in [-0.39, 0.29) is 5.82 Å². The standard InChI is InChI=1S/C27H23F3N8O3/c1-14(26(39)40)37-12-19(27(28,29)30)35-23(37)17-5-3-15(4-6-17)11-38-24-18(10-34-38)9-31-22(36-24)20-21(16-7-8-16)32-13-33-25(20)41-2/h3-6,9-10,12-14,16H,7-8,11H2,1-2H3,(H,39,40). The Balaban J connectivity index is 1.32. The molecule has 6 rings (SSSR count). The van der Waals surface area contributed by atoms with Crippen LogP contribution in [-0.4, -0.2) is 57.5 Å². The van der Waals surface area contributed by atoms with Crippen LogP contribution in [0, 0.1) is 0 Å². The summed E-state index contributed by atoms with van der Waals surface area (Å²) >= 11 is 0. The molecule has 14 heteroatoms. The molecule has 1 atom stereocenters. The lowest BCUT2D eigenvalue weighted by Gasteiger charge is -2.12. The summed E-state index contributed by atoms with van der Waals surface area (Å²) in [6, 6.07) is 5.40. The van der Waals surface area contributed by atoms with Gasteiger partial charge in [-0.3, -0.25) is 0 Å². The molecule has 0 amide bonds. The number of imidazole rings is 1. The van der Waals surface area contributed by atoms with Gasteiger partial charge in [0.2, 0.25) is 5.88 Å². The molecule has 0 saturated heterocycles. The highest BCUT2D eigenvalue weighted by Crippen LogP contribution is 2.45. The second kappa shape index (κ2) is 9.94. The largest absolute Gasteiger partial charge is 0.480 e. The van der Waals surface area contributed by atoms with Crippen LogP contribution in [0.2, 0.25) is 0 Å². The van der Waals surface area contributed by atoms with Crippen molar-refractivity contribution < 1.29 is 27.8 Å². The molecular formula is C27H23F3N8O3. The lowest BCUT2D eigenvalue weighted by Crippen LogP contribution is -2.16. The lowest BCUT2D eigenvalue weighted by atomic mass is 10.1. The Morgan fingerprint density at radius 2 is 1.88 bits per heavy atom. The normalized spacial score (nSPS) is 14.4. The van der Waals surface area contributed by atoms with Crippen molar-refractivity contribution in [2.24, 2.45) is 0 Å². The van der Waals surface area contributed by atoms with E-state index in [1.165, 1.54) is 20.4 Å². The van der Waals surface area contributed by atoms with Crippen LogP contribution in [-0.2, 0) is 17.5 Å². The van der Waals surface area contributed by atoms with Crippen LogP contribution in [0.5, 0.6) is 5.88 Å². The highest BCUT2D eigenvalue weighted by Gasteiger charge is 2.36. The Morgan fingerprint density at radius 3 is 2.54 bits per heavy atom. The van der Waals surface area contributed by atoms with Gasteiger partial charge in [-0.15, -0.1) is 0 Å². The van der Waals surface area contributed by atoms with Gasteiger partial charge in [-0.2, -0.15) is 18.3 Å². The minimum Gasteiger partial charge on any atom is -0.480 e. The smallest absolute Gasteiger partial charge is 0.434 e. The molecule has 1 unspecified atom stereocenters. The summed E-state index contributed by atoms with van der Waals surface area (Å²) in [5, 5.41) is 14.6. The summed E-state index contributed by atoms with van der Waals surface area (Å²) < 4.78 is 48.2. The summed E-state index contributed by atoms with van der Waals surface area (Å²) in [4.78, 5) is 33.2. The Hall–Kier alpha value is -4.88. The van der Waals surface area contributed by atoms with Gasteiger partial charge in [-0.25, -0.2) is 34.4 Å². The molecule has 1 fully saturated rings. The fraction of sp³-hybridized carbons (Fsp3) is 0.296. The van der Waals surface area contributed by atoms with E-state index in [0.717, 1.165) is 40.2 Å². The first-order valence-electron chi connectivity index (χ1n) is 12.7. The number of carboxylic acid groups (broad SMARTS) is 1. The number of rotatable bonds is 8. The summed E-state index contributed by atoms with van der Waals surface area (Å²) in [7, 11) is 1.54. The quantitative estimate of drug-likeness (QED) is 0.283. The topological polar surface area (TPSA) is 134 Å². The third-order valence-electron chi connectivity index (χ3n) is 6.94. The zero-order valence-electron chi connectivity index (χ0n) is 21.9. The molecule has 1 saturated carbocycles. The number of ether oxygens (including phenoxy) is 1. The first-order valence-corrected chi connectivity index (χ1v) is 12.7. The first kappa shape index (κ1) is 26.3. The van der Waals surface area contributed by atoms with Crippen LogP contribution < -0.4 is 4.74 Å². The summed E-state index contributed by atoms with van der Waals surface area (Å²) in [5.74, 6) is -0.233. The van der Waals surface area contributed by atoms with Gasteiger partial charge in [0.25, 0.3) is 0 Å². The Morgan fingerprint density at radius 1 is 1.12 bits per heavy atom. The molecule has 0 radical (unpaired) electrons. The van der Waals surface area contributed by atoms with Crippen molar-refractivity contribution in [3.05, 3.63) is 66.1 Å². The second-order valence-corrected chi connectivity index (χ2v) is 9.76. The Bertz CT molecular complexity index is 1760. The van der Waals surface area contributed by atoms with Crippen LogP contribution >= 0.6 is 0 Å². The van der Waals surface area contributed by atoms with Crippen molar-refractivity contribution in [1.82, 2.24) is 39.3 Å². The third kappa shape index (κ3) is 4.96. The third-order valence-corrected chi connectivity index (χ3v) is 6.94. The summed E-state index contributed by atoms with van der Waals surface area (Å²) in [6.45, 7) is 1.61. The molecule has 0 bridgehead atoms. The van der Waals surface area contributed by atoms with Crippen molar-refractivity contribution in [3.8, 4) is 28.7 Å². The van der Waals surface area contributed by atoms with E-state index in [9.17, 15) is 23.1 Å².